The van der Waals surface area contributed by atoms with E-state index in [1.807, 2.05) is 0 Å². The number of rotatable bonds is 8. The molecule has 0 aliphatic rings. The monoisotopic (exact) mass is 391 g/mol. The van der Waals surface area contributed by atoms with Crippen LogP contribution in [0.5, 0.6) is 5.75 Å². The van der Waals surface area contributed by atoms with Crippen LogP contribution >= 0.6 is 0 Å². The van der Waals surface area contributed by atoms with Gasteiger partial charge in [-0.3, -0.25) is 9.71 Å². The quantitative estimate of drug-likeness (QED) is 0.253. The molecule has 0 saturated carbocycles. The summed E-state index contributed by atoms with van der Waals surface area (Å²) in [4.78, 5) is 3.96. The molecule has 0 atom stereocenters. The fourth-order valence-corrected chi connectivity index (χ4v) is 3.35. The van der Waals surface area contributed by atoms with Gasteiger partial charge in [0.05, 0.1) is 12.8 Å². The Hall–Kier alpha value is -3.34. The van der Waals surface area contributed by atoms with Gasteiger partial charge in [0.2, 0.25) is 0 Å². The number of nitrogens with two attached hydrogens (primary N) is 1. The zero-order valence-corrected chi connectivity index (χ0v) is 15.9. The van der Waals surface area contributed by atoms with E-state index in [4.69, 9.17) is 15.9 Å². The molecule has 2 rings (SSSR count). The Morgan fingerprint density at radius 2 is 2.00 bits per heavy atom. The summed E-state index contributed by atoms with van der Waals surface area (Å²) in [5.41, 5.74) is 9.69. The second-order valence-electron chi connectivity index (χ2n) is 5.21. The van der Waals surface area contributed by atoms with Crippen molar-refractivity contribution in [1.29, 1.82) is 5.41 Å². The molecule has 1 heterocycles. The summed E-state index contributed by atoms with van der Waals surface area (Å²) < 4.78 is 33.3. The number of methoxy groups -OCH3 is 1. The van der Waals surface area contributed by atoms with Crippen LogP contribution in [0.15, 0.2) is 40.5 Å². The first-order chi connectivity index (χ1) is 12.9. The number of sulfonamides is 1. The molecule has 0 amide bonds. The Kier molecular flexibility index (Phi) is 6.19. The maximum absolute atomic E-state index is 12.8. The van der Waals surface area contributed by atoms with Crippen molar-refractivity contribution in [3.63, 3.8) is 0 Å². The average molecular weight is 391 g/mol. The molecule has 0 aliphatic heterocycles. The highest BCUT2D eigenvalue weighted by Crippen LogP contribution is 2.36. The lowest BCUT2D eigenvalue weighted by atomic mass is 10.1. The third-order valence-electron chi connectivity index (χ3n) is 3.60. The number of benzene rings is 1. The van der Waals surface area contributed by atoms with Crippen LogP contribution in [0, 0.1) is 5.41 Å². The van der Waals surface area contributed by atoms with Gasteiger partial charge in [0.25, 0.3) is 10.0 Å². The number of anilines is 2. The maximum atomic E-state index is 12.8. The van der Waals surface area contributed by atoms with Crippen LogP contribution < -0.4 is 25.9 Å². The van der Waals surface area contributed by atoms with E-state index in [2.05, 4.69) is 25.6 Å². The Morgan fingerprint density at radius 3 is 2.52 bits per heavy atom. The van der Waals surface area contributed by atoms with Gasteiger partial charge in [-0.25, -0.2) is 8.42 Å². The number of ether oxygens (including phenoxy) is 1. The van der Waals surface area contributed by atoms with Gasteiger partial charge < -0.3 is 26.6 Å². The highest BCUT2D eigenvalue weighted by Gasteiger charge is 2.21. The van der Waals surface area contributed by atoms with Gasteiger partial charge in [-0.15, -0.1) is 0 Å². The van der Waals surface area contributed by atoms with Gasteiger partial charge >= 0.3 is 0 Å². The number of aromatic nitrogens is 1. The smallest absolute Gasteiger partial charge is 0.263 e. The number of pyridine rings is 1. The molecule has 0 unspecified atom stereocenters. The molecule has 0 bridgehead atoms. The third kappa shape index (κ3) is 4.26. The molecule has 0 spiro atoms. The van der Waals surface area contributed by atoms with Crippen molar-refractivity contribution < 1.29 is 13.2 Å². The summed E-state index contributed by atoms with van der Waals surface area (Å²) >= 11 is 0. The molecule has 0 aliphatic carbocycles. The standard InChI is InChI=1S/C16H21N7O3S/c1-19-14-10(8-17)4-7-13(26-3)15(14)23-27(24,25)11-5-6-12(21-9-11)16(18)22-20-2/h4-9,17,19-20,23H,1-3H3,(H2,18,22). The first kappa shape index (κ1) is 20.0. The van der Waals surface area contributed by atoms with E-state index >= 15 is 0 Å². The van der Waals surface area contributed by atoms with Crippen molar-refractivity contribution in [3.05, 3.63) is 41.7 Å². The number of hydrazone groups is 1. The molecule has 11 heteroatoms. The van der Waals surface area contributed by atoms with Crippen LogP contribution in [-0.2, 0) is 10.0 Å². The highest BCUT2D eigenvalue weighted by molar-refractivity contribution is 7.92. The minimum Gasteiger partial charge on any atom is -0.494 e. The SMILES string of the molecule is CN/N=C(\N)c1ccc(S(=O)(=O)Nc2c(OC)ccc(C=N)c2NC)cn1. The Morgan fingerprint density at radius 1 is 1.26 bits per heavy atom. The molecule has 10 nitrogen and oxygen atoms in total. The van der Waals surface area contributed by atoms with Crippen molar-refractivity contribution in [3.8, 4) is 5.75 Å². The summed E-state index contributed by atoms with van der Waals surface area (Å²) in [6.07, 6.45) is 2.30. The van der Waals surface area contributed by atoms with Crippen LogP contribution in [0.25, 0.3) is 0 Å². The van der Waals surface area contributed by atoms with Gasteiger partial charge in [-0.2, -0.15) is 5.10 Å². The Labute approximate surface area is 157 Å². The van der Waals surface area contributed by atoms with E-state index in [1.54, 1.807) is 26.2 Å². The Bertz CT molecular complexity index is 957. The predicted octanol–water partition coefficient (Wildman–Crippen LogP) is 0.770. The van der Waals surface area contributed by atoms with Crippen LogP contribution in [0.4, 0.5) is 11.4 Å². The van der Waals surface area contributed by atoms with Crippen molar-refractivity contribution in [2.24, 2.45) is 10.8 Å². The van der Waals surface area contributed by atoms with E-state index in [0.29, 0.717) is 22.7 Å². The first-order valence-electron chi connectivity index (χ1n) is 7.76. The van der Waals surface area contributed by atoms with Crippen LogP contribution in [0.1, 0.15) is 11.3 Å². The second-order valence-corrected chi connectivity index (χ2v) is 6.89. The molecule has 0 saturated heterocycles. The molecule has 144 valence electrons. The lowest BCUT2D eigenvalue weighted by Crippen LogP contribution is -2.20. The summed E-state index contributed by atoms with van der Waals surface area (Å²) in [6, 6.07) is 6.05. The van der Waals surface area contributed by atoms with E-state index < -0.39 is 10.0 Å². The molecular weight excluding hydrogens is 370 g/mol. The average Bonchev–Trinajstić information content (AvgIpc) is 2.67. The van der Waals surface area contributed by atoms with Crippen LogP contribution in [0.3, 0.4) is 0 Å². The molecule has 2 aromatic rings. The molecule has 27 heavy (non-hydrogen) atoms. The molecule has 0 radical (unpaired) electrons. The minimum absolute atomic E-state index is 0.0622. The summed E-state index contributed by atoms with van der Waals surface area (Å²) in [5.74, 6) is 0.440. The molecular formula is C16H21N7O3S. The van der Waals surface area contributed by atoms with E-state index in [-0.39, 0.29) is 16.4 Å². The predicted molar refractivity (Wildman–Crippen MR) is 105 cm³/mol. The summed E-state index contributed by atoms with van der Waals surface area (Å²) in [7, 11) is 0.678. The summed E-state index contributed by atoms with van der Waals surface area (Å²) in [6.45, 7) is 0. The van der Waals surface area contributed by atoms with Gasteiger partial charge in [0.15, 0.2) is 5.84 Å². The highest BCUT2D eigenvalue weighted by atomic mass is 32.2. The van der Waals surface area contributed by atoms with Gasteiger partial charge in [0, 0.05) is 32.1 Å². The number of hydrogen-bond acceptors (Lipinski definition) is 8. The topological polar surface area (TPSA) is 155 Å². The largest absolute Gasteiger partial charge is 0.494 e. The lowest BCUT2D eigenvalue weighted by molar-refractivity contribution is 0.417. The molecule has 1 aromatic heterocycles. The Balaban J connectivity index is 2.45. The lowest BCUT2D eigenvalue weighted by Gasteiger charge is -2.17. The number of nitrogens with one attached hydrogen (secondary N) is 4. The first-order valence-corrected chi connectivity index (χ1v) is 9.24. The summed E-state index contributed by atoms with van der Waals surface area (Å²) in [5, 5.41) is 14.2. The normalized spacial score (nSPS) is 11.6. The van der Waals surface area contributed by atoms with Gasteiger partial charge in [-0.1, -0.05) is 0 Å². The van der Waals surface area contributed by atoms with Crippen molar-refractivity contribution in [2.75, 3.05) is 31.2 Å². The number of nitrogens with zero attached hydrogens (tertiary/aromatic N) is 2. The third-order valence-corrected chi connectivity index (χ3v) is 4.94. The fraction of sp³-hybridized carbons (Fsp3) is 0.188. The number of amidine groups is 1. The maximum Gasteiger partial charge on any atom is 0.263 e. The minimum atomic E-state index is -3.96. The van der Waals surface area contributed by atoms with E-state index in [9.17, 15) is 8.42 Å². The zero-order chi connectivity index (χ0) is 20.0. The van der Waals surface area contributed by atoms with Crippen molar-refractivity contribution in [1.82, 2.24) is 10.4 Å². The van der Waals surface area contributed by atoms with Crippen molar-refractivity contribution >= 4 is 33.4 Å². The van der Waals surface area contributed by atoms with Crippen LogP contribution in [-0.4, -0.2) is 46.7 Å². The molecule has 0 fully saturated rings. The van der Waals surface area contributed by atoms with E-state index in [1.165, 1.54) is 25.4 Å². The molecule has 6 N–H and O–H groups in total. The van der Waals surface area contributed by atoms with E-state index in [0.717, 1.165) is 6.21 Å². The van der Waals surface area contributed by atoms with Crippen LogP contribution in [0.2, 0.25) is 0 Å². The molecule has 1 aromatic carbocycles. The van der Waals surface area contributed by atoms with Gasteiger partial charge in [-0.05, 0) is 24.3 Å². The zero-order valence-electron chi connectivity index (χ0n) is 15.1. The number of hydrogen-bond donors (Lipinski definition) is 5. The van der Waals surface area contributed by atoms with Crippen molar-refractivity contribution in [2.45, 2.75) is 4.90 Å². The second kappa shape index (κ2) is 8.36. The fourth-order valence-electron chi connectivity index (χ4n) is 2.32. The van der Waals surface area contributed by atoms with Gasteiger partial charge in [0.1, 0.15) is 22.0 Å².